The van der Waals surface area contributed by atoms with Gasteiger partial charge < -0.3 is 15.5 Å². The van der Waals surface area contributed by atoms with E-state index < -0.39 is 12.2 Å². The summed E-state index contributed by atoms with van der Waals surface area (Å²) in [6, 6.07) is 3.71. The van der Waals surface area contributed by atoms with Gasteiger partial charge in [0.05, 0.1) is 46.4 Å². The minimum absolute atomic E-state index is 0. The number of fused-ring (bicyclic) bond motifs is 1. The Labute approximate surface area is 178 Å². The van der Waals surface area contributed by atoms with Gasteiger partial charge in [0.2, 0.25) is 0 Å². The molecule has 9 heteroatoms. The first-order valence-electron chi connectivity index (χ1n) is 9.51. The van der Waals surface area contributed by atoms with Gasteiger partial charge in [0.25, 0.3) is 5.56 Å². The maximum absolute atomic E-state index is 13.0. The fourth-order valence-corrected chi connectivity index (χ4v) is 4.46. The van der Waals surface area contributed by atoms with E-state index in [0.29, 0.717) is 17.3 Å². The molecule has 3 atom stereocenters. The molecule has 1 saturated heterocycles. The van der Waals surface area contributed by atoms with E-state index >= 15 is 0 Å². The van der Waals surface area contributed by atoms with Crippen LogP contribution in [-0.2, 0) is 6.54 Å². The molecule has 0 spiro atoms. The van der Waals surface area contributed by atoms with Crippen LogP contribution < -0.4 is 10.9 Å². The van der Waals surface area contributed by atoms with Crippen molar-refractivity contribution in [2.24, 2.45) is 0 Å². The summed E-state index contributed by atoms with van der Waals surface area (Å²) in [6.07, 6.45) is 4.15. The molecular weight excluding hydrogens is 412 g/mol. The quantitative estimate of drug-likeness (QED) is 0.566. The lowest BCUT2D eigenvalue weighted by atomic mass is 9.96. The lowest BCUT2D eigenvalue weighted by molar-refractivity contribution is 0.0539. The Balaban J connectivity index is 0.00000240. The third-order valence-electron chi connectivity index (χ3n) is 5.32. The van der Waals surface area contributed by atoms with Gasteiger partial charge in [-0.1, -0.05) is 0 Å². The summed E-state index contributed by atoms with van der Waals surface area (Å²) in [7, 11) is 0. The molecule has 7 nitrogen and oxygen atoms in total. The molecule has 2 aromatic heterocycles. The van der Waals surface area contributed by atoms with Crippen LogP contribution in [0.3, 0.4) is 0 Å². The van der Waals surface area contributed by atoms with E-state index in [9.17, 15) is 15.0 Å². The van der Waals surface area contributed by atoms with Gasteiger partial charge in [-0.05, 0) is 56.0 Å². The highest BCUT2D eigenvalue weighted by Crippen LogP contribution is 2.27. The van der Waals surface area contributed by atoms with E-state index in [1.165, 1.54) is 22.2 Å². The molecule has 3 N–H and O–H groups in total. The van der Waals surface area contributed by atoms with Crippen LogP contribution >= 0.6 is 23.7 Å². The molecule has 0 radical (unpaired) electrons. The van der Waals surface area contributed by atoms with Crippen LogP contribution in [0.25, 0.3) is 21.3 Å². The molecule has 156 valence electrons. The first-order chi connectivity index (χ1) is 13.5. The van der Waals surface area contributed by atoms with Crippen molar-refractivity contribution in [1.29, 1.82) is 0 Å². The van der Waals surface area contributed by atoms with Crippen molar-refractivity contribution in [2.45, 2.75) is 51.0 Å². The number of benzene rings is 1. The summed E-state index contributed by atoms with van der Waals surface area (Å²) in [6.45, 7) is 2.93. The summed E-state index contributed by atoms with van der Waals surface area (Å²) in [5.74, 6) is 0. The van der Waals surface area contributed by atoms with Gasteiger partial charge in [0, 0.05) is 12.2 Å². The normalized spacial score (nSPS) is 20.4. The Hall–Kier alpha value is -1.84. The number of aliphatic hydroxyl groups excluding tert-OH is 2. The number of thiazole rings is 1. The van der Waals surface area contributed by atoms with Gasteiger partial charge in [-0.2, -0.15) is 0 Å². The van der Waals surface area contributed by atoms with Crippen LogP contribution in [-0.4, -0.2) is 49.5 Å². The van der Waals surface area contributed by atoms with Crippen LogP contribution in [0.1, 0.15) is 24.8 Å². The average molecular weight is 437 g/mol. The fourth-order valence-electron chi connectivity index (χ4n) is 3.85. The van der Waals surface area contributed by atoms with Crippen LogP contribution in [0.4, 0.5) is 0 Å². The molecular formula is C20H25ClN4O3S. The molecule has 1 aromatic carbocycles. The maximum atomic E-state index is 13.0. The highest BCUT2D eigenvalue weighted by molar-refractivity contribution is 7.13. The second-order valence-electron chi connectivity index (χ2n) is 7.42. The predicted octanol–water partition coefficient (Wildman–Crippen LogP) is 2.11. The van der Waals surface area contributed by atoms with Crippen molar-refractivity contribution >= 4 is 34.6 Å². The van der Waals surface area contributed by atoms with Crippen LogP contribution in [0.5, 0.6) is 0 Å². The SMILES string of the molecule is Cc1cc(-c2cncs2)cc2c(=O)n(C[C@@H](O)C[C@H]3NCCC[C@@H]3O)cnc12.Cl. The average Bonchev–Trinajstić information content (AvgIpc) is 3.21. The summed E-state index contributed by atoms with van der Waals surface area (Å²) >= 11 is 1.52. The molecule has 1 aliphatic heterocycles. The number of rotatable bonds is 5. The van der Waals surface area contributed by atoms with E-state index in [1.54, 1.807) is 11.7 Å². The largest absolute Gasteiger partial charge is 0.392 e. The molecule has 3 aromatic rings. The molecule has 1 fully saturated rings. The lowest BCUT2D eigenvalue weighted by Gasteiger charge is -2.30. The van der Waals surface area contributed by atoms with Crippen molar-refractivity contribution in [1.82, 2.24) is 19.9 Å². The second kappa shape index (κ2) is 9.32. The Kier molecular flexibility index (Phi) is 7.02. The van der Waals surface area contributed by atoms with E-state index in [0.717, 1.165) is 35.4 Å². The van der Waals surface area contributed by atoms with Gasteiger partial charge >= 0.3 is 0 Å². The zero-order chi connectivity index (χ0) is 19.7. The molecule has 0 saturated carbocycles. The first-order valence-corrected chi connectivity index (χ1v) is 10.4. The van der Waals surface area contributed by atoms with Crippen molar-refractivity contribution in [3.8, 4) is 10.4 Å². The van der Waals surface area contributed by atoms with Gasteiger partial charge in [-0.3, -0.25) is 14.3 Å². The van der Waals surface area contributed by atoms with E-state index in [4.69, 9.17) is 0 Å². The molecule has 29 heavy (non-hydrogen) atoms. The topological polar surface area (TPSA) is 100 Å². The smallest absolute Gasteiger partial charge is 0.261 e. The standard InChI is InChI=1S/C20H24N4O3S.ClH/c1-12-5-13(18-8-21-11-28-18)6-15-19(12)23-10-24(20(15)27)9-14(25)7-16-17(26)3-2-4-22-16;/h5-6,8,10-11,14,16-17,22,25-26H,2-4,7,9H2,1H3;1H/t14-,16+,17-;/m0./s1. The second-order valence-corrected chi connectivity index (χ2v) is 8.30. The van der Waals surface area contributed by atoms with E-state index in [2.05, 4.69) is 15.3 Å². The Morgan fingerprint density at radius 1 is 1.41 bits per heavy atom. The summed E-state index contributed by atoms with van der Waals surface area (Å²) < 4.78 is 1.46. The zero-order valence-corrected chi connectivity index (χ0v) is 17.7. The highest BCUT2D eigenvalue weighted by Gasteiger charge is 2.25. The number of nitrogens with zero attached hydrogens (tertiary/aromatic N) is 3. The number of halogens is 1. The van der Waals surface area contributed by atoms with Crippen molar-refractivity contribution in [2.75, 3.05) is 6.54 Å². The predicted molar refractivity (Wildman–Crippen MR) is 117 cm³/mol. The Morgan fingerprint density at radius 3 is 2.97 bits per heavy atom. The highest BCUT2D eigenvalue weighted by atomic mass is 35.5. The van der Waals surface area contributed by atoms with E-state index in [-0.39, 0.29) is 30.6 Å². The zero-order valence-electron chi connectivity index (χ0n) is 16.1. The van der Waals surface area contributed by atoms with Crippen molar-refractivity contribution in [3.05, 3.63) is 46.1 Å². The molecule has 0 aliphatic carbocycles. The minimum Gasteiger partial charge on any atom is -0.392 e. The summed E-state index contributed by atoms with van der Waals surface area (Å²) in [5.41, 5.74) is 4.14. The first kappa shape index (κ1) is 21.9. The van der Waals surface area contributed by atoms with Crippen LogP contribution in [0.2, 0.25) is 0 Å². The maximum Gasteiger partial charge on any atom is 0.261 e. The van der Waals surface area contributed by atoms with Crippen LogP contribution in [0.15, 0.2) is 35.0 Å². The molecule has 1 aliphatic rings. The van der Waals surface area contributed by atoms with Gasteiger partial charge in [-0.25, -0.2) is 4.98 Å². The summed E-state index contributed by atoms with van der Waals surface area (Å²) in [5, 5.41) is 24.3. The number of hydrogen-bond donors (Lipinski definition) is 3. The van der Waals surface area contributed by atoms with Crippen LogP contribution in [0, 0.1) is 6.92 Å². The van der Waals surface area contributed by atoms with E-state index in [1.807, 2.05) is 19.1 Å². The Morgan fingerprint density at radius 2 is 2.24 bits per heavy atom. The molecule has 4 rings (SSSR count). The molecule has 0 amide bonds. The van der Waals surface area contributed by atoms with Crippen molar-refractivity contribution < 1.29 is 10.2 Å². The number of aromatic nitrogens is 3. The number of piperidine rings is 1. The fraction of sp³-hybridized carbons (Fsp3) is 0.450. The minimum atomic E-state index is -0.743. The number of hydrogen-bond acceptors (Lipinski definition) is 7. The van der Waals surface area contributed by atoms with Gasteiger partial charge in [-0.15, -0.1) is 23.7 Å². The molecule has 0 unspecified atom stereocenters. The molecule has 0 bridgehead atoms. The monoisotopic (exact) mass is 436 g/mol. The van der Waals surface area contributed by atoms with Gasteiger partial charge in [0.15, 0.2) is 0 Å². The number of nitrogens with one attached hydrogen (secondary N) is 1. The molecule has 3 heterocycles. The van der Waals surface area contributed by atoms with Gasteiger partial charge in [0.1, 0.15) is 0 Å². The number of aryl methyl sites for hydroxylation is 1. The third kappa shape index (κ3) is 4.67. The third-order valence-corrected chi connectivity index (χ3v) is 6.14. The lowest BCUT2D eigenvalue weighted by Crippen LogP contribution is -2.47. The van der Waals surface area contributed by atoms with Crippen molar-refractivity contribution in [3.63, 3.8) is 0 Å². The number of aliphatic hydroxyl groups is 2. The summed E-state index contributed by atoms with van der Waals surface area (Å²) in [4.78, 5) is 22.6. The Bertz CT molecular complexity index is 1020.